The monoisotopic (exact) mass is 469 g/mol. The molecule has 0 radical (unpaired) electrons. The van der Waals surface area contributed by atoms with Gasteiger partial charge in [0.25, 0.3) is 0 Å². The number of nitrogens with one attached hydrogen (secondary N) is 1. The first-order valence-corrected chi connectivity index (χ1v) is 12.1. The first-order valence-electron chi connectivity index (χ1n) is 10.2. The molecule has 0 atom stereocenters. The number of halogens is 3. The summed E-state index contributed by atoms with van der Waals surface area (Å²) in [6, 6.07) is 11.7. The van der Waals surface area contributed by atoms with Crippen LogP contribution in [0.15, 0.2) is 48.5 Å². The Morgan fingerprint density at radius 2 is 1.72 bits per heavy atom. The maximum Gasteiger partial charge on any atom is 0.416 e. The molecule has 1 fully saturated rings. The van der Waals surface area contributed by atoms with Crippen LogP contribution in [0.1, 0.15) is 29.5 Å². The molecule has 174 valence electrons. The molecule has 1 heterocycles. The Bertz CT molecular complexity index is 1050. The molecule has 1 N–H and O–H groups in total. The molecule has 32 heavy (non-hydrogen) atoms. The van der Waals surface area contributed by atoms with Gasteiger partial charge < -0.3 is 5.32 Å². The van der Waals surface area contributed by atoms with Gasteiger partial charge in [-0.25, -0.2) is 8.42 Å². The number of carbonyl (C=O) groups is 1. The second-order valence-corrected chi connectivity index (χ2v) is 9.80. The predicted octanol–water partition coefficient (Wildman–Crippen LogP) is 3.38. The fraction of sp³-hybridized carbons (Fsp3) is 0.409. The summed E-state index contributed by atoms with van der Waals surface area (Å²) in [5.41, 5.74) is 0.782. The molecule has 0 aromatic heterocycles. The van der Waals surface area contributed by atoms with E-state index in [1.165, 1.54) is 18.9 Å². The molecule has 0 aliphatic carbocycles. The molecule has 1 aliphatic heterocycles. The van der Waals surface area contributed by atoms with E-state index >= 15 is 0 Å². The van der Waals surface area contributed by atoms with E-state index in [1.807, 2.05) is 24.3 Å². The lowest BCUT2D eigenvalue weighted by Gasteiger charge is -2.23. The highest BCUT2D eigenvalue weighted by atomic mass is 32.2. The number of likely N-dealkylation sites (tertiary alicyclic amines) is 1. The van der Waals surface area contributed by atoms with E-state index in [0.717, 1.165) is 55.2 Å². The molecule has 0 bridgehead atoms. The van der Waals surface area contributed by atoms with Crippen molar-refractivity contribution in [2.45, 2.75) is 32.1 Å². The lowest BCUT2D eigenvalue weighted by Crippen LogP contribution is -2.40. The summed E-state index contributed by atoms with van der Waals surface area (Å²) in [6.07, 6.45) is -1.39. The van der Waals surface area contributed by atoms with Crippen LogP contribution in [0.25, 0.3) is 0 Å². The van der Waals surface area contributed by atoms with Gasteiger partial charge in [0.05, 0.1) is 17.5 Å². The number of hydrogen-bond acceptors (Lipinski definition) is 4. The third kappa shape index (κ3) is 6.70. The van der Waals surface area contributed by atoms with Gasteiger partial charge in [-0.15, -0.1) is 0 Å². The van der Waals surface area contributed by atoms with Crippen LogP contribution in [0.2, 0.25) is 0 Å². The van der Waals surface area contributed by atoms with Crippen LogP contribution in [0.3, 0.4) is 0 Å². The predicted molar refractivity (Wildman–Crippen MR) is 116 cm³/mol. The summed E-state index contributed by atoms with van der Waals surface area (Å²) in [6.45, 7) is 2.54. The standard InChI is InChI=1S/C22H26F3N3O3S/c1-32(30,31)28(20-9-5-8-19(13-20)22(23,24)25)16-21(29)26-14-17-6-4-7-18(12-17)15-27-10-2-3-11-27/h4-9,12-13H,2-3,10-11,14-16H2,1H3,(H,26,29). The topological polar surface area (TPSA) is 69.7 Å². The van der Waals surface area contributed by atoms with E-state index in [0.29, 0.717) is 4.31 Å². The summed E-state index contributed by atoms with van der Waals surface area (Å²) >= 11 is 0. The zero-order valence-electron chi connectivity index (χ0n) is 17.7. The summed E-state index contributed by atoms with van der Waals surface area (Å²) in [7, 11) is -3.98. The zero-order valence-corrected chi connectivity index (χ0v) is 18.5. The quantitative estimate of drug-likeness (QED) is 0.644. The number of sulfonamides is 1. The summed E-state index contributed by atoms with van der Waals surface area (Å²) in [5, 5.41) is 2.66. The van der Waals surface area contributed by atoms with Crippen LogP contribution in [-0.2, 0) is 34.1 Å². The minimum Gasteiger partial charge on any atom is -0.350 e. The van der Waals surface area contributed by atoms with Crippen molar-refractivity contribution in [1.82, 2.24) is 10.2 Å². The van der Waals surface area contributed by atoms with E-state index in [9.17, 15) is 26.4 Å². The molecule has 2 aromatic carbocycles. The molecule has 0 saturated carbocycles. The normalized spacial score (nSPS) is 15.0. The van der Waals surface area contributed by atoms with Gasteiger partial charge in [-0.2, -0.15) is 13.2 Å². The minimum atomic E-state index is -4.62. The van der Waals surface area contributed by atoms with Crippen molar-refractivity contribution in [3.63, 3.8) is 0 Å². The van der Waals surface area contributed by atoms with Crippen LogP contribution >= 0.6 is 0 Å². The summed E-state index contributed by atoms with van der Waals surface area (Å²) in [5.74, 6) is -0.613. The highest BCUT2D eigenvalue weighted by Gasteiger charge is 2.32. The molecule has 3 rings (SSSR count). The Balaban J connectivity index is 1.65. The van der Waals surface area contributed by atoms with Crippen molar-refractivity contribution in [2.75, 3.05) is 30.2 Å². The summed E-state index contributed by atoms with van der Waals surface area (Å²) < 4.78 is 64.0. The first-order chi connectivity index (χ1) is 15.0. The fourth-order valence-electron chi connectivity index (χ4n) is 3.66. The second-order valence-electron chi connectivity index (χ2n) is 7.90. The number of benzene rings is 2. The Kier molecular flexibility index (Phi) is 7.45. The Hall–Kier alpha value is -2.59. The molecule has 0 spiro atoms. The van der Waals surface area contributed by atoms with Crippen molar-refractivity contribution in [2.24, 2.45) is 0 Å². The number of hydrogen-bond donors (Lipinski definition) is 1. The minimum absolute atomic E-state index is 0.187. The Morgan fingerprint density at radius 3 is 2.38 bits per heavy atom. The zero-order chi connectivity index (χ0) is 23.4. The van der Waals surface area contributed by atoms with Crippen molar-refractivity contribution in [1.29, 1.82) is 0 Å². The molecule has 10 heteroatoms. The molecule has 2 aromatic rings. The average molecular weight is 470 g/mol. The molecular formula is C22H26F3N3O3S. The van der Waals surface area contributed by atoms with E-state index in [4.69, 9.17) is 0 Å². The molecule has 6 nitrogen and oxygen atoms in total. The summed E-state index contributed by atoms with van der Waals surface area (Å²) in [4.78, 5) is 14.8. The number of rotatable bonds is 8. The van der Waals surface area contributed by atoms with E-state index in [1.54, 1.807) is 0 Å². The lowest BCUT2D eigenvalue weighted by atomic mass is 10.1. The molecule has 1 aliphatic rings. The third-order valence-electron chi connectivity index (χ3n) is 5.23. The van der Waals surface area contributed by atoms with Gasteiger partial charge in [0.2, 0.25) is 15.9 Å². The maximum absolute atomic E-state index is 13.0. The van der Waals surface area contributed by atoms with Gasteiger partial charge in [0.15, 0.2) is 0 Å². The van der Waals surface area contributed by atoms with Crippen LogP contribution in [0.4, 0.5) is 18.9 Å². The highest BCUT2D eigenvalue weighted by molar-refractivity contribution is 7.92. The van der Waals surface area contributed by atoms with Crippen LogP contribution in [0.5, 0.6) is 0 Å². The lowest BCUT2D eigenvalue weighted by molar-refractivity contribution is -0.137. The van der Waals surface area contributed by atoms with Gasteiger partial charge in [-0.1, -0.05) is 30.3 Å². The smallest absolute Gasteiger partial charge is 0.350 e. The second kappa shape index (κ2) is 9.91. The van der Waals surface area contributed by atoms with Gasteiger partial charge in [0.1, 0.15) is 6.54 Å². The number of anilines is 1. The van der Waals surface area contributed by atoms with Gasteiger partial charge in [0, 0.05) is 13.1 Å². The Morgan fingerprint density at radius 1 is 1.06 bits per heavy atom. The number of nitrogens with zero attached hydrogens (tertiary/aromatic N) is 2. The van der Waals surface area contributed by atoms with Crippen LogP contribution < -0.4 is 9.62 Å². The third-order valence-corrected chi connectivity index (χ3v) is 6.38. The van der Waals surface area contributed by atoms with Crippen molar-refractivity contribution in [3.05, 3.63) is 65.2 Å². The van der Waals surface area contributed by atoms with Crippen molar-refractivity contribution >= 4 is 21.6 Å². The number of amides is 1. The largest absolute Gasteiger partial charge is 0.416 e. The fourth-order valence-corrected chi connectivity index (χ4v) is 4.51. The first kappa shape index (κ1) is 24.1. The van der Waals surface area contributed by atoms with Gasteiger partial charge in [-0.3, -0.25) is 14.0 Å². The van der Waals surface area contributed by atoms with Crippen molar-refractivity contribution in [3.8, 4) is 0 Å². The number of alkyl halides is 3. The molecular weight excluding hydrogens is 443 g/mol. The Labute approximate surface area is 186 Å². The van der Waals surface area contributed by atoms with E-state index in [-0.39, 0.29) is 12.2 Å². The maximum atomic E-state index is 13.0. The van der Waals surface area contributed by atoms with Gasteiger partial charge >= 0.3 is 6.18 Å². The molecule has 1 saturated heterocycles. The van der Waals surface area contributed by atoms with E-state index < -0.39 is 34.2 Å². The average Bonchev–Trinajstić information content (AvgIpc) is 3.22. The van der Waals surface area contributed by atoms with Crippen LogP contribution in [0, 0.1) is 0 Å². The van der Waals surface area contributed by atoms with Gasteiger partial charge in [-0.05, 0) is 55.3 Å². The van der Waals surface area contributed by atoms with Crippen LogP contribution in [-0.4, -0.2) is 45.1 Å². The highest BCUT2D eigenvalue weighted by Crippen LogP contribution is 2.32. The molecule has 1 amide bonds. The van der Waals surface area contributed by atoms with E-state index in [2.05, 4.69) is 10.2 Å². The number of carbonyl (C=O) groups excluding carboxylic acids is 1. The van der Waals surface area contributed by atoms with Crippen molar-refractivity contribution < 1.29 is 26.4 Å². The molecule has 0 unspecified atom stereocenters. The SMILES string of the molecule is CS(=O)(=O)N(CC(=O)NCc1cccc(CN2CCCC2)c1)c1cccc(C(F)(F)F)c1.